The molecule has 6 heteroatoms. The molecule has 144 valence electrons. The molecule has 0 saturated carbocycles. The van der Waals surface area contributed by atoms with Gasteiger partial charge in [0.05, 0.1) is 19.8 Å². The van der Waals surface area contributed by atoms with Crippen molar-refractivity contribution >= 4 is 20.1 Å². The third-order valence-electron chi connectivity index (χ3n) is 5.55. The van der Waals surface area contributed by atoms with E-state index < -0.39 is 14.4 Å². The molecule has 0 radical (unpaired) electrons. The number of likely N-dealkylation sites (tertiary alicyclic amines) is 1. The molecule has 0 bridgehead atoms. The highest BCUT2D eigenvalue weighted by atomic mass is 28.4. The minimum absolute atomic E-state index is 0.00693. The number of carbonyl (C=O) groups is 2. The van der Waals surface area contributed by atoms with E-state index in [1.54, 1.807) is 12.1 Å². The second-order valence-electron chi connectivity index (χ2n) is 8.49. The Morgan fingerprint density at radius 3 is 2.35 bits per heavy atom. The highest BCUT2D eigenvalue weighted by molar-refractivity contribution is 6.74. The Kier molecular flexibility index (Phi) is 6.42. The lowest BCUT2D eigenvalue weighted by molar-refractivity contribution is -0.145. The fraction of sp³-hybridized carbons (Fsp3) is 0.600. The summed E-state index contributed by atoms with van der Waals surface area (Å²) in [6.45, 7) is 11.8. The van der Waals surface area contributed by atoms with E-state index in [0.29, 0.717) is 18.5 Å². The summed E-state index contributed by atoms with van der Waals surface area (Å²) in [6.07, 6.45) is 0.518. The average Bonchev–Trinajstić information content (AvgIpc) is 2.95. The predicted octanol–water partition coefficient (Wildman–Crippen LogP) is 3.51. The molecule has 2 rings (SSSR count). The molecule has 1 saturated heterocycles. The van der Waals surface area contributed by atoms with Crippen LogP contribution >= 0.6 is 0 Å². The Balaban J connectivity index is 2.11. The van der Waals surface area contributed by atoms with E-state index >= 15 is 0 Å². The van der Waals surface area contributed by atoms with Crippen molar-refractivity contribution in [3.63, 3.8) is 0 Å². The van der Waals surface area contributed by atoms with Gasteiger partial charge >= 0.3 is 5.97 Å². The van der Waals surface area contributed by atoms with Crippen LogP contribution in [0.1, 0.15) is 37.6 Å². The van der Waals surface area contributed by atoms with Crippen LogP contribution < -0.4 is 0 Å². The highest BCUT2D eigenvalue weighted by Crippen LogP contribution is 2.39. The zero-order valence-electron chi connectivity index (χ0n) is 16.7. The Hall–Kier alpha value is -1.50. The van der Waals surface area contributed by atoms with Crippen LogP contribution in [0.25, 0.3) is 0 Å². The number of Topliss-reactive ketones (excluding diaryl/α,β-unsaturated/α-hetero) is 1. The molecule has 26 heavy (non-hydrogen) atoms. The Bertz CT molecular complexity index is 639. The number of hydrogen-bond donors (Lipinski definition) is 0. The standard InChI is InChI=1S/C20H31NO4Si/c1-20(2,3)26(5,6)25-16-12-17(19(23)24-4)21(13-16)14-18(22)15-10-8-7-9-11-15/h7-11,16-17H,12-14H2,1-6H3/t16-,17+/m0/s1. The summed E-state index contributed by atoms with van der Waals surface area (Å²) < 4.78 is 11.4. The summed E-state index contributed by atoms with van der Waals surface area (Å²) in [7, 11) is -0.551. The van der Waals surface area contributed by atoms with Gasteiger partial charge in [-0.2, -0.15) is 0 Å². The van der Waals surface area contributed by atoms with Crippen molar-refractivity contribution in [3.8, 4) is 0 Å². The van der Waals surface area contributed by atoms with Crippen molar-refractivity contribution in [2.45, 2.75) is 57.5 Å². The molecule has 1 aliphatic heterocycles. The van der Waals surface area contributed by atoms with E-state index in [9.17, 15) is 9.59 Å². The first-order valence-electron chi connectivity index (χ1n) is 9.13. The van der Waals surface area contributed by atoms with Gasteiger partial charge in [-0.1, -0.05) is 51.1 Å². The smallest absolute Gasteiger partial charge is 0.323 e. The van der Waals surface area contributed by atoms with Crippen LogP contribution in [0.2, 0.25) is 18.1 Å². The topological polar surface area (TPSA) is 55.8 Å². The number of benzene rings is 1. The van der Waals surface area contributed by atoms with Crippen molar-refractivity contribution < 1.29 is 18.8 Å². The summed E-state index contributed by atoms with van der Waals surface area (Å²) in [5.74, 6) is -0.292. The minimum Gasteiger partial charge on any atom is -0.468 e. The second-order valence-corrected chi connectivity index (χ2v) is 13.2. The van der Waals surface area contributed by atoms with Crippen molar-refractivity contribution in [2.24, 2.45) is 0 Å². The van der Waals surface area contributed by atoms with Gasteiger partial charge in [0, 0.05) is 12.1 Å². The number of methoxy groups -OCH3 is 1. The van der Waals surface area contributed by atoms with Gasteiger partial charge in [-0.3, -0.25) is 14.5 Å². The molecule has 1 heterocycles. The van der Waals surface area contributed by atoms with E-state index in [-0.39, 0.29) is 29.4 Å². The fourth-order valence-electron chi connectivity index (χ4n) is 3.00. The molecule has 0 N–H and O–H groups in total. The maximum atomic E-state index is 12.6. The molecular formula is C20H31NO4Si. The van der Waals surface area contributed by atoms with Crippen LogP contribution in [0.5, 0.6) is 0 Å². The first kappa shape index (κ1) is 20.8. The van der Waals surface area contributed by atoms with Crippen LogP contribution in [0.15, 0.2) is 30.3 Å². The molecular weight excluding hydrogens is 346 g/mol. The Morgan fingerprint density at radius 1 is 1.19 bits per heavy atom. The monoisotopic (exact) mass is 377 g/mol. The molecule has 1 aliphatic rings. The number of ether oxygens (including phenoxy) is 1. The first-order valence-corrected chi connectivity index (χ1v) is 12.0. The van der Waals surface area contributed by atoms with E-state index in [2.05, 4.69) is 33.9 Å². The summed E-state index contributed by atoms with van der Waals surface area (Å²) in [5, 5.41) is 0.0983. The van der Waals surface area contributed by atoms with Crippen LogP contribution in [-0.4, -0.2) is 57.3 Å². The Morgan fingerprint density at radius 2 is 1.81 bits per heavy atom. The summed E-state index contributed by atoms with van der Waals surface area (Å²) in [5.41, 5.74) is 0.657. The molecule has 1 fully saturated rings. The fourth-order valence-corrected chi connectivity index (χ4v) is 4.35. The Labute approximate surface area is 157 Å². The molecule has 2 atom stereocenters. The van der Waals surface area contributed by atoms with Gasteiger partial charge in [0.15, 0.2) is 14.1 Å². The first-order chi connectivity index (χ1) is 12.0. The summed E-state index contributed by atoms with van der Waals surface area (Å²) in [4.78, 5) is 26.7. The third kappa shape index (κ3) is 4.81. The van der Waals surface area contributed by atoms with Gasteiger partial charge in [-0.15, -0.1) is 0 Å². The molecule has 0 unspecified atom stereocenters. The predicted molar refractivity (Wildman–Crippen MR) is 105 cm³/mol. The lowest BCUT2D eigenvalue weighted by atomic mass is 10.1. The quantitative estimate of drug-likeness (QED) is 0.431. The number of nitrogens with zero attached hydrogens (tertiary/aromatic N) is 1. The molecule has 0 spiro atoms. The zero-order chi connectivity index (χ0) is 19.5. The largest absolute Gasteiger partial charge is 0.468 e. The number of hydrogen-bond acceptors (Lipinski definition) is 5. The van der Waals surface area contributed by atoms with Crippen LogP contribution in [-0.2, 0) is 14.0 Å². The summed E-state index contributed by atoms with van der Waals surface area (Å²) in [6, 6.07) is 8.75. The van der Waals surface area contributed by atoms with Crippen molar-refractivity contribution in [3.05, 3.63) is 35.9 Å². The zero-order valence-corrected chi connectivity index (χ0v) is 17.7. The summed E-state index contributed by atoms with van der Waals surface area (Å²) >= 11 is 0. The van der Waals surface area contributed by atoms with Crippen LogP contribution in [0, 0.1) is 0 Å². The average molecular weight is 378 g/mol. The SMILES string of the molecule is COC(=O)[C@H]1C[C@H](O[Si](C)(C)C(C)(C)C)CN1CC(=O)c1ccccc1. The van der Waals surface area contributed by atoms with Gasteiger partial charge < -0.3 is 9.16 Å². The van der Waals surface area contributed by atoms with Gasteiger partial charge in [-0.05, 0) is 24.6 Å². The third-order valence-corrected chi connectivity index (χ3v) is 10.1. The maximum absolute atomic E-state index is 12.6. The van der Waals surface area contributed by atoms with Crippen LogP contribution in [0.4, 0.5) is 0 Å². The van der Waals surface area contributed by atoms with Gasteiger partial charge in [-0.25, -0.2) is 0 Å². The van der Waals surface area contributed by atoms with E-state index in [0.717, 1.165) is 0 Å². The van der Waals surface area contributed by atoms with E-state index in [4.69, 9.17) is 9.16 Å². The molecule has 1 aromatic rings. The number of rotatable bonds is 6. The number of carbonyl (C=O) groups excluding carboxylic acids is 2. The molecule has 0 amide bonds. The van der Waals surface area contributed by atoms with Crippen molar-refractivity contribution in [1.29, 1.82) is 0 Å². The van der Waals surface area contributed by atoms with E-state index in [1.807, 2.05) is 23.1 Å². The lowest BCUT2D eigenvalue weighted by Crippen LogP contribution is -2.44. The normalized spacial score (nSPS) is 21.6. The lowest BCUT2D eigenvalue weighted by Gasteiger charge is -2.38. The second kappa shape index (κ2) is 8.02. The molecule has 0 aliphatic carbocycles. The number of esters is 1. The molecule has 5 nitrogen and oxygen atoms in total. The molecule has 0 aromatic heterocycles. The van der Waals surface area contributed by atoms with Crippen molar-refractivity contribution in [1.82, 2.24) is 4.90 Å². The maximum Gasteiger partial charge on any atom is 0.323 e. The van der Waals surface area contributed by atoms with Gasteiger partial charge in [0.25, 0.3) is 0 Å². The van der Waals surface area contributed by atoms with E-state index in [1.165, 1.54) is 7.11 Å². The molecule has 1 aromatic carbocycles. The van der Waals surface area contributed by atoms with Gasteiger partial charge in [0.2, 0.25) is 0 Å². The van der Waals surface area contributed by atoms with Gasteiger partial charge in [0.1, 0.15) is 6.04 Å². The van der Waals surface area contributed by atoms with Crippen LogP contribution in [0.3, 0.4) is 0 Å². The number of ketones is 1. The minimum atomic E-state index is -1.94. The highest BCUT2D eigenvalue weighted by Gasteiger charge is 2.44. The van der Waals surface area contributed by atoms with Crippen molar-refractivity contribution in [2.75, 3.05) is 20.2 Å².